The molecule has 1 aromatic carbocycles. The maximum Gasteiger partial charge on any atom is 0.227 e. The highest BCUT2D eigenvalue weighted by Gasteiger charge is 2.24. The van der Waals surface area contributed by atoms with Gasteiger partial charge in [-0.2, -0.15) is 0 Å². The molecule has 90 valence electrons. The third-order valence-electron chi connectivity index (χ3n) is 2.96. The number of anilines is 1. The molecule has 1 heterocycles. The predicted octanol–water partition coefficient (Wildman–Crippen LogP) is 1.01. The van der Waals surface area contributed by atoms with Crippen LogP contribution in [0.1, 0.15) is 24.5 Å². The minimum Gasteiger partial charge on any atom is -0.326 e. The smallest absolute Gasteiger partial charge is 0.227 e. The number of benzene rings is 1. The highest BCUT2D eigenvalue weighted by atomic mass is 16.2. The molecule has 2 rings (SSSR count). The van der Waals surface area contributed by atoms with E-state index >= 15 is 0 Å². The van der Waals surface area contributed by atoms with Crippen molar-refractivity contribution < 1.29 is 9.59 Å². The Labute approximate surface area is 100 Å². The maximum absolute atomic E-state index is 11.8. The Morgan fingerprint density at radius 3 is 2.82 bits per heavy atom. The predicted molar refractivity (Wildman–Crippen MR) is 65.7 cm³/mol. The van der Waals surface area contributed by atoms with E-state index in [1.54, 1.807) is 4.90 Å². The van der Waals surface area contributed by atoms with Gasteiger partial charge in [-0.25, -0.2) is 0 Å². The van der Waals surface area contributed by atoms with Crippen molar-refractivity contribution in [2.75, 3.05) is 11.4 Å². The number of aryl methyl sites for hydroxylation is 1. The summed E-state index contributed by atoms with van der Waals surface area (Å²) in [5.41, 5.74) is 8.61. The number of hydrogen-bond acceptors (Lipinski definition) is 3. The number of hydrogen-bond donors (Lipinski definition) is 1. The van der Waals surface area contributed by atoms with E-state index in [4.69, 9.17) is 5.73 Å². The zero-order chi connectivity index (χ0) is 12.4. The molecule has 0 bridgehead atoms. The Bertz CT molecular complexity index is 468. The van der Waals surface area contributed by atoms with Gasteiger partial charge in [0.25, 0.3) is 0 Å². The molecule has 1 aliphatic heterocycles. The van der Waals surface area contributed by atoms with Gasteiger partial charge < -0.3 is 10.6 Å². The lowest BCUT2D eigenvalue weighted by Crippen LogP contribution is -2.38. The normalized spacial score (nSPS) is 14.7. The zero-order valence-corrected chi connectivity index (χ0v) is 9.90. The van der Waals surface area contributed by atoms with Gasteiger partial charge in [0.2, 0.25) is 5.91 Å². The molecule has 4 nitrogen and oxygen atoms in total. The molecule has 17 heavy (non-hydrogen) atoms. The van der Waals surface area contributed by atoms with Crippen LogP contribution < -0.4 is 10.6 Å². The molecule has 0 spiro atoms. The fourth-order valence-corrected chi connectivity index (χ4v) is 2.14. The van der Waals surface area contributed by atoms with Gasteiger partial charge in [0.15, 0.2) is 0 Å². The number of carbonyl (C=O) groups excluding carboxylic acids is 2. The first-order valence-corrected chi connectivity index (χ1v) is 5.73. The Hall–Kier alpha value is -1.68. The van der Waals surface area contributed by atoms with Gasteiger partial charge in [0, 0.05) is 18.7 Å². The zero-order valence-electron chi connectivity index (χ0n) is 9.90. The fraction of sp³-hybridized carbons (Fsp3) is 0.385. The molecular weight excluding hydrogens is 216 g/mol. The monoisotopic (exact) mass is 232 g/mol. The lowest BCUT2D eigenvalue weighted by atomic mass is 9.98. The Balaban J connectivity index is 2.37. The van der Waals surface area contributed by atoms with Crippen LogP contribution in [0.3, 0.4) is 0 Å². The summed E-state index contributed by atoms with van der Waals surface area (Å²) in [5.74, 6) is 0.0160. The average molecular weight is 232 g/mol. The van der Waals surface area contributed by atoms with Gasteiger partial charge in [0.05, 0.1) is 6.54 Å². The van der Waals surface area contributed by atoms with E-state index in [-0.39, 0.29) is 18.2 Å². The molecule has 2 N–H and O–H groups in total. The van der Waals surface area contributed by atoms with Crippen molar-refractivity contribution in [1.82, 2.24) is 0 Å². The van der Waals surface area contributed by atoms with Crippen molar-refractivity contribution >= 4 is 17.4 Å². The van der Waals surface area contributed by atoms with Crippen LogP contribution in [-0.4, -0.2) is 18.2 Å². The number of Topliss-reactive ketones (excluding diaryl/α,β-unsaturated/α-hetero) is 1. The molecule has 0 saturated heterocycles. The quantitative estimate of drug-likeness (QED) is 0.846. The van der Waals surface area contributed by atoms with Gasteiger partial charge in [-0.05, 0) is 30.5 Å². The first-order chi connectivity index (χ1) is 8.11. The molecule has 0 fully saturated rings. The summed E-state index contributed by atoms with van der Waals surface area (Å²) >= 11 is 0. The number of carbonyl (C=O) groups is 2. The van der Waals surface area contributed by atoms with E-state index in [0.29, 0.717) is 13.0 Å². The van der Waals surface area contributed by atoms with Crippen LogP contribution in [0.4, 0.5) is 5.69 Å². The molecule has 0 aromatic heterocycles. The Morgan fingerprint density at radius 2 is 2.18 bits per heavy atom. The molecule has 1 aliphatic rings. The molecule has 0 aliphatic carbocycles. The molecule has 1 aromatic rings. The van der Waals surface area contributed by atoms with Gasteiger partial charge in [-0.3, -0.25) is 9.59 Å². The molecule has 4 heteroatoms. The Morgan fingerprint density at radius 1 is 1.41 bits per heavy atom. The Kier molecular flexibility index (Phi) is 3.24. The van der Waals surface area contributed by atoms with E-state index in [0.717, 1.165) is 23.2 Å². The first-order valence-electron chi connectivity index (χ1n) is 5.73. The van der Waals surface area contributed by atoms with Crippen LogP contribution in [0.25, 0.3) is 0 Å². The minimum absolute atomic E-state index is 0.00546. The molecule has 0 radical (unpaired) electrons. The van der Waals surface area contributed by atoms with Crippen LogP contribution in [0.2, 0.25) is 0 Å². The summed E-state index contributed by atoms with van der Waals surface area (Å²) in [5, 5.41) is 0. The topological polar surface area (TPSA) is 63.4 Å². The van der Waals surface area contributed by atoms with Crippen molar-refractivity contribution in [3.05, 3.63) is 29.3 Å². The van der Waals surface area contributed by atoms with Gasteiger partial charge in [-0.15, -0.1) is 0 Å². The summed E-state index contributed by atoms with van der Waals surface area (Å²) in [7, 11) is 0. The van der Waals surface area contributed by atoms with Crippen molar-refractivity contribution in [3.8, 4) is 0 Å². The second kappa shape index (κ2) is 4.67. The van der Waals surface area contributed by atoms with Gasteiger partial charge in [-0.1, -0.05) is 12.1 Å². The van der Waals surface area contributed by atoms with Gasteiger partial charge in [0.1, 0.15) is 5.78 Å². The van der Waals surface area contributed by atoms with E-state index in [1.165, 1.54) is 6.92 Å². The lowest BCUT2D eigenvalue weighted by Gasteiger charge is -2.29. The number of ketones is 1. The van der Waals surface area contributed by atoms with E-state index < -0.39 is 0 Å². The van der Waals surface area contributed by atoms with E-state index in [1.807, 2.05) is 18.2 Å². The summed E-state index contributed by atoms with van der Waals surface area (Å²) in [4.78, 5) is 24.5. The first kappa shape index (κ1) is 11.8. The van der Waals surface area contributed by atoms with Crippen molar-refractivity contribution in [2.45, 2.75) is 26.3 Å². The van der Waals surface area contributed by atoms with E-state index in [9.17, 15) is 9.59 Å². The van der Waals surface area contributed by atoms with Crippen LogP contribution in [0, 0.1) is 0 Å². The molecule has 0 saturated carbocycles. The SMILES string of the molecule is CC(=O)CN1C(=O)CCc2cc(CN)ccc21. The largest absolute Gasteiger partial charge is 0.326 e. The highest BCUT2D eigenvalue weighted by Crippen LogP contribution is 2.28. The third-order valence-corrected chi connectivity index (χ3v) is 2.96. The summed E-state index contributed by atoms with van der Waals surface area (Å²) in [6.07, 6.45) is 1.20. The maximum atomic E-state index is 11.8. The summed E-state index contributed by atoms with van der Waals surface area (Å²) in [6, 6.07) is 5.82. The number of rotatable bonds is 3. The number of amides is 1. The van der Waals surface area contributed by atoms with Crippen LogP contribution in [0.5, 0.6) is 0 Å². The van der Waals surface area contributed by atoms with Crippen molar-refractivity contribution in [2.24, 2.45) is 5.73 Å². The summed E-state index contributed by atoms with van der Waals surface area (Å²) < 4.78 is 0. The lowest BCUT2D eigenvalue weighted by molar-refractivity contribution is -0.122. The molecule has 0 unspecified atom stereocenters. The third kappa shape index (κ3) is 2.36. The molecule has 0 atom stereocenters. The summed E-state index contributed by atoms with van der Waals surface area (Å²) in [6.45, 7) is 2.15. The average Bonchev–Trinajstić information content (AvgIpc) is 2.32. The van der Waals surface area contributed by atoms with Crippen LogP contribution >= 0.6 is 0 Å². The minimum atomic E-state index is -0.00546. The van der Waals surface area contributed by atoms with E-state index in [2.05, 4.69) is 0 Å². The second-order valence-electron chi connectivity index (χ2n) is 4.35. The number of fused-ring (bicyclic) bond motifs is 1. The molecule has 1 amide bonds. The fourth-order valence-electron chi connectivity index (χ4n) is 2.14. The number of nitrogens with two attached hydrogens (primary N) is 1. The van der Waals surface area contributed by atoms with Gasteiger partial charge >= 0.3 is 0 Å². The van der Waals surface area contributed by atoms with Crippen LogP contribution in [0.15, 0.2) is 18.2 Å². The highest BCUT2D eigenvalue weighted by molar-refractivity contribution is 6.01. The van der Waals surface area contributed by atoms with Crippen molar-refractivity contribution in [3.63, 3.8) is 0 Å². The second-order valence-corrected chi connectivity index (χ2v) is 4.35. The van der Waals surface area contributed by atoms with Crippen molar-refractivity contribution in [1.29, 1.82) is 0 Å². The molecular formula is C13H16N2O2. The number of nitrogens with zero attached hydrogens (tertiary/aromatic N) is 1. The standard InChI is InChI=1S/C13H16N2O2/c1-9(16)8-15-12-4-2-10(7-14)6-11(12)3-5-13(15)17/h2,4,6H,3,5,7-8,14H2,1H3. The van der Waals surface area contributed by atoms with Crippen LogP contribution in [-0.2, 0) is 22.6 Å².